The van der Waals surface area contributed by atoms with Crippen LogP contribution in [0.5, 0.6) is 0 Å². The summed E-state index contributed by atoms with van der Waals surface area (Å²) in [6.07, 6.45) is 9.37. The Kier molecular flexibility index (Phi) is 6.64. The monoisotopic (exact) mass is 456 g/mol. The number of piperidine rings is 1. The smallest absolute Gasteiger partial charge is 0.315 e. The quantitative estimate of drug-likeness (QED) is 0.565. The van der Waals surface area contributed by atoms with E-state index in [1.165, 1.54) is 0 Å². The van der Waals surface area contributed by atoms with Crippen molar-refractivity contribution in [3.05, 3.63) is 23.3 Å². The number of nitrogens with one attached hydrogen (secondary N) is 3. The number of carbonyl (C=O) groups is 4. The van der Waals surface area contributed by atoms with Gasteiger partial charge in [0.1, 0.15) is 6.04 Å². The fraction of sp³-hybridized carbons (Fsp3) is 0.680. The van der Waals surface area contributed by atoms with Gasteiger partial charge in [0.25, 0.3) is 5.91 Å². The van der Waals surface area contributed by atoms with E-state index in [2.05, 4.69) is 36.7 Å². The number of carbonyl (C=O) groups excluding carboxylic acids is 4. The lowest BCUT2D eigenvalue weighted by molar-refractivity contribution is -0.142. The number of allylic oxidation sites excluding steroid dienone is 2. The van der Waals surface area contributed by atoms with Crippen LogP contribution < -0.4 is 16.0 Å². The molecule has 4 aliphatic rings. The molecule has 2 saturated heterocycles. The van der Waals surface area contributed by atoms with E-state index in [0.29, 0.717) is 42.8 Å². The van der Waals surface area contributed by atoms with Gasteiger partial charge in [-0.05, 0) is 49.9 Å². The largest absolute Gasteiger partial charge is 0.335 e. The first-order chi connectivity index (χ1) is 15.6. The minimum Gasteiger partial charge on any atom is -0.335 e. The number of hydrogen-bond acceptors (Lipinski definition) is 4. The van der Waals surface area contributed by atoms with Crippen molar-refractivity contribution in [2.45, 2.75) is 77.8 Å². The van der Waals surface area contributed by atoms with E-state index < -0.39 is 6.04 Å². The number of likely N-dealkylation sites (tertiary alicyclic amines) is 1. The molecule has 3 fully saturated rings. The van der Waals surface area contributed by atoms with Crippen molar-refractivity contribution < 1.29 is 19.2 Å². The molecule has 8 heteroatoms. The Morgan fingerprint density at radius 1 is 1.09 bits per heavy atom. The van der Waals surface area contributed by atoms with Gasteiger partial charge >= 0.3 is 6.03 Å². The third kappa shape index (κ3) is 5.31. The third-order valence-corrected chi connectivity index (χ3v) is 7.72. The first kappa shape index (κ1) is 23.5. The first-order valence-corrected chi connectivity index (χ1v) is 12.2. The van der Waals surface area contributed by atoms with Crippen LogP contribution in [0.25, 0.3) is 0 Å². The van der Waals surface area contributed by atoms with Crippen molar-refractivity contribution in [2.24, 2.45) is 17.3 Å². The van der Waals surface area contributed by atoms with Gasteiger partial charge in [-0.25, -0.2) is 4.79 Å². The van der Waals surface area contributed by atoms with Crippen LogP contribution in [-0.4, -0.2) is 53.8 Å². The summed E-state index contributed by atoms with van der Waals surface area (Å²) in [5, 5.41) is 8.42. The normalized spacial score (nSPS) is 30.3. The molecule has 0 aromatic carbocycles. The third-order valence-electron chi connectivity index (χ3n) is 7.72. The molecule has 2 unspecified atom stereocenters. The average Bonchev–Trinajstić information content (AvgIpc) is 3.07. The number of urea groups is 1. The van der Waals surface area contributed by atoms with Crippen LogP contribution in [0.1, 0.15) is 65.7 Å². The van der Waals surface area contributed by atoms with Gasteiger partial charge in [0.15, 0.2) is 0 Å². The molecule has 180 valence electrons. The standard InChI is InChI=1S/C25H36N4O4/c1-25(2,3)17-5-7-18(8-6-17)27-24(33)26-13-15-4-9-19-16(12-15)14-29(23(19)32)20-10-11-21(30)28-22(20)31/h4,9,16-18,20H,5-8,10-14H2,1-3H3,(H2,26,27,33)(H,28,30,31). The predicted octanol–water partition coefficient (Wildman–Crippen LogP) is 2.41. The van der Waals surface area contributed by atoms with Gasteiger partial charge in [0, 0.05) is 37.0 Å². The second-order valence-corrected chi connectivity index (χ2v) is 11.0. The summed E-state index contributed by atoms with van der Waals surface area (Å²) in [5.41, 5.74) is 2.10. The molecule has 2 atom stereocenters. The van der Waals surface area contributed by atoms with Crippen LogP contribution in [0.4, 0.5) is 4.79 Å². The number of fused-ring (bicyclic) bond motifs is 1. The average molecular weight is 457 g/mol. The molecule has 2 heterocycles. The number of hydrogen-bond donors (Lipinski definition) is 3. The van der Waals surface area contributed by atoms with Crippen LogP contribution in [-0.2, 0) is 14.4 Å². The second kappa shape index (κ2) is 9.31. The van der Waals surface area contributed by atoms with Gasteiger partial charge in [0.2, 0.25) is 11.8 Å². The fourth-order valence-corrected chi connectivity index (χ4v) is 5.65. The van der Waals surface area contributed by atoms with Gasteiger partial charge in [0.05, 0.1) is 0 Å². The summed E-state index contributed by atoms with van der Waals surface area (Å²) in [5.74, 6) is -0.0698. The van der Waals surface area contributed by atoms with E-state index in [1.54, 1.807) is 4.90 Å². The minimum atomic E-state index is -0.581. The summed E-state index contributed by atoms with van der Waals surface area (Å²) in [4.78, 5) is 50.5. The summed E-state index contributed by atoms with van der Waals surface area (Å²) < 4.78 is 0. The maximum Gasteiger partial charge on any atom is 0.315 e. The predicted molar refractivity (Wildman–Crippen MR) is 124 cm³/mol. The molecule has 0 aromatic rings. The van der Waals surface area contributed by atoms with E-state index in [1.807, 2.05) is 12.2 Å². The summed E-state index contributed by atoms with van der Waals surface area (Å²) in [6, 6.07) is -0.495. The highest BCUT2D eigenvalue weighted by Crippen LogP contribution is 2.38. The molecular weight excluding hydrogens is 420 g/mol. The van der Waals surface area contributed by atoms with Crippen molar-refractivity contribution in [3.8, 4) is 0 Å². The van der Waals surface area contributed by atoms with E-state index in [4.69, 9.17) is 0 Å². The topological polar surface area (TPSA) is 108 Å². The highest BCUT2D eigenvalue weighted by molar-refractivity contribution is 6.04. The van der Waals surface area contributed by atoms with Crippen molar-refractivity contribution in [1.29, 1.82) is 0 Å². The van der Waals surface area contributed by atoms with Crippen LogP contribution in [0, 0.1) is 17.3 Å². The molecule has 0 bridgehead atoms. The summed E-state index contributed by atoms with van der Waals surface area (Å²) >= 11 is 0. The Balaban J connectivity index is 1.24. The number of imide groups is 1. The Labute approximate surface area is 195 Å². The van der Waals surface area contributed by atoms with Gasteiger partial charge in [-0.15, -0.1) is 0 Å². The Hall–Kier alpha value is -2.64. The Morgan fingerprint density at radius 2 is 1.82 bits per heavy atom. The molecule has 8 nitrogen and oxygen atoms in total. The Bertz CT molecular complexity index is 893. The van der Waals surface area contributed by atoms with Crippen LogP contribution in [0.2, 0.25) is 0 Å². The maximum absolute atomic E-state index is 12.8. The van der Waals surface area contributed by atoms with Gasteiger partial charge in [-0.1, -0.05) is 38.5 Å². The molecular formula is C25H36N4O4. The van der Waals surface area contributed by atoms with Crippen molar-refractivity contribution in [2.75, 3.05) is 13.1 Å². The van der Waals surface area contributed by atoms with Crippen LogP contribution in [0.3, 0.4) is 0 Å². The van der Waals surface area contributed by atoms with E-state index in [0.717, 1.165) is 31.3 Å². The fourth-order valence-electron chi connectivity index (χ4n) is 5.65. The van der Waals surface area contributed by atoms with E-state index >= 15 is 0 Å². The molecule has 33 heavy (non-hydrogen) atoms. The molecule has 4 rings (SSSR count). The SMILES string of the molecule is CC(C)(C)C1CCC(NC(=O)NCC2=CC=C3C(=O)N(C4CCC(=O)NC4=O)CC3C2)CC1. The van der Waals surface area contributed by atoms with Gasteiger partial charge in [-0.2, -0.15) is 0 Å². The zero-order chi connectivity index (χ0) is 23.8. The highest BCUT2D eigenvalue weighted by atomic mass is 16.2. The molecule has 2 aliphatic heterocycles. The van der Waals surface area contributed by atoms with Crippen molar-refractivity contribution in [3.63, 3.8) is 0 Å². The first-order valence-electron chi connectivity index (χ1n) is 12.2. The molecule has 3 N–H and O–H groups in total. The van der Waals surface area contributed by atoms with Crippen LogP contribution >= 0.6 is 0 Å². The maximum atomic E-state index is 12.8. The summed E-state index contributed by atoms with van der Waals surface area (Å²) in [6.45, 7) is 7.78. The van der Waals surface area contributed by atoms with E-state index in [-0.39, 0.29) is 42.1 Å². The highest BCUT2D eigenvalue weighted by Gasteiger charge is 2.43. The van der Waals surface area contributed by atoms with E-state index in [9.17, 15) is 19.2 Å². The molecule has 0 radical (unpaired) electrons. The van der Waals surface area contributed by atoms with Crippen molar-refractivity contribution in [1.82, 2.24) is 20.9 Å². The lowest BCUT2D eigenvalue weighted by Crippen LogP contribution is -2.53. The number of rotatable bonds is 4. The molecule has 1 saturated carbocycles. The Morgan fingerprint density at radius 3 is 2.48 bits per heavy atom. The summed E-state index contributed by atoms with van der Waals surface area (Å²) in [7, 11) is 0. The molecule has 5 amide bonds. The van der Waals surface area contributed by atoms with Gasteiger partial charge in [-0.3, -0.25) is 19.7 Å². The second-order valence-electron chi connectivity index (χ2n) is 11.0. The zero-order valence-corrected chi connectivity index (χ0v) is 19.9. The van der Waals surface area contributed by atoms with Crippen LogP contribution in [0.15, 0.2) is 23.3 Å². The molecule has 0 spiro atoms. The zero-order valence-electron chi connectivity index (χ0n) is 19.9. The van der Waals surface area contributed by atoms with Crippen molar-refractivity contribution >= 4 is 23.8 Å². The van der Waals surface area contributed by atoms with Gasteiger partial charge < -0.3 is 15.5 Å². The lowest BCUT2D eigenvalue weighted by Gasteiger charge is -2.37. The molecule has 2 aliphatic carbocycles. The molecule has 0 aromatic heterocycles. The lowest BCUT2D eigenvalue weighted by atomic mass is 9.71. The minimum absolute atomic E-state index is 0.0143. The number of amides is 5. The number of nitrogens with zero attached hydrogens (tertiary/aromatic N) is 1.